The second kappa shape index (κ2) is 5.33. The summed E-state index contributed by atoms with van der Waals surface area (Å²) in [6.45, 7) is 1.01. The number of hydrogen-bond acceptors (Lipinski definition) is 1. The van der Waals surface area contributed by atoms with Crippen LogP contribution in [0, 0.1) is 0 Å². The first-order valence-electron chi connectivity index (χ1n) is 4.15. The van der Waals surface area contributed by atoms with Crippen LogP contribution in [0.5, 0.6) is 0 Å². The maximum atomic E-state index is 3.61. The first-order valence-corrected chi connectivity index (χ1v) is 5.07. The monoisotopic (exact) mass is 227 g/mol. The van der Waals surface area contributed by atoms with E-state index in [9.17, 15) is 0 Å². The van der Waals surface area contributed by atoms with E-state index in [0.717, 1.165) is 13.0 Å². The van der Waals surface area contributed by atoms with Gasteiger partial charge in [-0.3, -0.25) is 0 Å². The number of rotatable bonds is 4. The molecule has 0 aliphatic rings. The van der Waals surface area contributed by atoms with Crippen LogP contribution in [0.25, 0.3) is 0 Å². The molecule has 1 rings (SSSR count). The molecular formula is C10H14BrN. The van der Waals surface area contributed by atoms with Crippen LogP contribution in [0.3, 0.4) is 0 Å². The Balaban J connectivity index is 2.41. The summed E-state index contributed by atoms with van der Waals surface area (Å²) >= 11 is 3.61. The fourth-order valence-corrected chi connectivity index (χ4v) is 1.86. The number of alkyl halides is 1. The predicted octanol–water partition coefficient (Wildman–Crippen LogP) is 2.21. The summed E-state index contributed by atoms with van der Waals surface area (Å²) in [5, 5.41) is 3.14. The molecule has 0 aliphatic heterocycles. The standard InChI is InChI=1S/C10H14BrN/c1-12-8-10(11)7-9-5-3-2-4-6-9/h2-6,10,12H,7-8H2,1H3. The average molecular weight is 228 g/mol. The van der Waals surface area contributed by atoms with E-state index < -0.39 is 0 Å². The molecule has 0 aromatic heterocycles. The highest BCUT2D eigenvalue weighted by atomic mass is 79.9. The van der Waals surface area contributed by atoms with Gasteiger partial charge in [-0.05, 0) is 19.0 Å². The highest BCUT2D eigenvalue weighted by Crippen LogP contribution is 2.08. The Bertz CT molecular complexity index is 210. The van der Waals surface area contributed by atoms with Crippen molar-refractivity contribution in [3.05, 3.63) is 35.9 Å². The summed E-state index contributed by atoms with van der Waals surface area (Å²) in [5.41, 5.74) is 1.38. The van der Waals surface area contributed by atoms with Crippen LogP contribution < -0.4 is 5.32 Å². The van der Waals surface area contributed by atoms with Gasteiger partial charge in [-0.25, -0.2) is 0 Å². The molecule has 0 saturated heterocycles. The average Bonchev–Trinajstić information content (AvgIpc) is 2.06. The third-order valence-corrected chi connectivity index (χ3v) is 2.37. The zero-order valence-electron chi connectivity index (χ0n) is 7.26. The highest BCUT2D eigenvalue weighted by molar-refractivity contribution is 9.09. The molecular weight excluding hydrogens is 214 g/mol. The Hall–Kier alpha value is -0.340. The maximum Gasteiger partial charge on any atom is 0.0310 e. The predicted molar refractivity (Wildman–Crippen MR) is 56.8 cm³/mol. The van der Waals surface area contributed by atoms with Gasteiger partial charge in [0.1, 0.15) is 0 Å². The van der Waals surface area contributed by atoms with Crippen molar-refractivity contribution in [2.24, 2.45) is 0 Å². The number of hydrogen-bond donors (Lipinski definition) is 1. The van der Waals surface area contributed by atoms with Crippen molar-refractivity contribution >= 4 is 15.9 Å². The Kier molecular flexibility index (Phi) is 4.33. The van der Waals surface area contributed by atoms with Gasteiger partial charge in [0.05, 0.1) is 0 Å². The summed E-state index contributed by atoms with van der Waals surface area (Å²) in [4.78, 5) is 0.532. The zero-order valence-corrected chi connectivity index (χ0v) is 8.84. The minimum atomic E-state index is 0.532. The second-order valence-electron chi connectivity index (χ2n) is 2.84. The lowest BCUT2D eigenvalue weighted by atomic mass is 10.1. The number of benzene rings is 1. The van der Waals surface area contributed by atoms with E-state index in [2.05, 4.69) is 45.5 Å². The molecule has 0 bridgehead atoms. The quantitative estimate of drug-likeness (QED) is 0.779. The Morgan fingerprint density at radius 1 is 1.33 bits per heavy atom. The number of halogens is 1. The van der Waals surface area contributed by atoms with Gasteiger partial charge >= 0.3 is 0 Å². The van der Waals surface area contributed by atoms with E-state index >= 15 is 0 Å². The summed E-state index contributed by atoms with van der Waals surface area (Å²) in [6.07, 6.45) is 1.08. The molecule has 1 N–H and O–H groups in total. The van der Waals surface area contributed by atoms with Gasteiger partial charge < -0.3 is 5.32 Å². The van der Waals surface area contributed by atoms with Gasteiger partial charge in [0.25, 0.3) is 0 Å². The smallest absolute Gasteiger partial charge is 0.0310 e. The zero-order chi connectivity index (χ0) is 8.81. The molecule has 1 aromatic carbocycles. The lowest BCUT2D eigenvalue weighted by molar-refractivity contribution is 0.749. The molecule has 1 unspecified atom stereocenters. The van der Waals surface area contributed by atoms with E-state index in [1.807, 2.05) is 13.1 Å². The fraction of sp³-hybridized carbons (Fsp3) is 0.400. The Morgan fingerprint density at radius 2 is 2.00 bits per heavy atom. The van der Waals surface area contributed by atoms with Crippen molar-refractivity contribution in [1.29, 1.82) is 0 Å². The van der Waals surface area contributed by atoms with E-state index in [1.54, 1.807) is 0 Å². The fourth-order valence-electron chi connectivity index (χ4n) is 1.16. The van der Waals surface area contributed by atoms with Gasteiger partial charge in [-0.1, -0.05) is 46.3 Å². The Labute approximate surface area is 82.3 Å². The van der Waals surface area contributed by atoms with Gasteiger partial charge in [-0.2, -0.15) is 0 Å². The van der Waals surface area contributed by atoms with Crippen molar-refractivity contribution in [3.63, 3.8) is 0 Å². The van der Waals surface area contributed by atoms with Crippen LogP contribution in [0.1, 0.15) is 5.56 Å². The van der Waals surface area contributed by atoms with E-state index in [4.69, 9.17) is 0 Å². The van der Waals surface area contributed by atoms with Gasteiger partial charge in [0, 0.05) is 11.4 Å². The lowest BCUT2D eigenvalue weighted by Gasteiger charge is -2.08. The second-order valence-corrected chi connectivity index (χ2v) is 4.14. The summed E-state index contributed by atoms with van der Waals surface area (Å²) in [5.74, 6) is 0. The van der Waals surface area contributed by atoms with Crippen molar-refractivity contribution in [2.75, 3.05) is 13.6 Å². The third kappa shape index (κ3) is 3.37. The molecule has 0 heterocycles. The minimum Gasteiger partial charge on any atom is -0.319 e. The van der Waals surface area contributed by atoms with Crippen LogP contribution in [-0.4, -0.2) is 18.4 Å². The molecule has 0 spiro atoms. The molecule has 66 valence electrons. The van der Waals surface area contributed by atoms with E-state index in [0.29, 0.717) is 4.83 Å². The third-order valence-electron chi connectivity index (χ3n) is 1.73. The molecule has 1 nitrogen and oxygen atoms in total. The van der Waals surface area contributed by atoms with Crippen molar-refractivity contribution in [1.82, 2.24) is 5.32 Å². The normalized spacial score (nSPS) is 12.8. The van der Waals surface area contributed by atoms with Gasteiger partial charge in [0.15, 0.2) is 0 Å². The lowest BCUT2D eigenvalue weighted by Crippen LogP contribution is -2.20. The summed E-state index contributed by atoms with van der Waals surface area (Å²) in [7, 11) is 1.97. The molecule has 12 heavy (non-hydrogen) atoms. The largest absolute Gasteiger partial charge is 0.319 e. The van der Waals surface area contributed by atoms with Crippen LogP contribution in [0.15, 0.2) is 30.3 Å². The van der Waals surface area contributed by atoms with Gasteiger partial charge in [0.2, 0.25) is 0 Å². The SMILES string of the molecule is CNCC(Br)Cc1ccccc1. The molecule has 0 fully saturated rings. The highest BCUT2D eigenvalue weighted by Gasteiger charge is 2.02. The van der Waals surface area contributed by atoms with Crippen LogP contribution in [0.4, 0.5) is 0 Å². The van der Waals surface area contributed by atoms with E-state index in [-0.39, 0.29) is 0 Å². The first-order chi connectivity index (χ1) is 5.83. The topological polar surface area (TPSA) is 12.0 Å². The van der Waals surface area contributed by atoms with Crippen molar-refractivity contribution in [2.45, 2.75) is 11.2 Å². The molecule has 0 aliphatic carbocycles. The van der Waals surface area contributed by atoms with Crippen molar-refractivity contribution < 1.29 is 0 Å². The van der Waals surface area contributed by atoms with Crippen LogP contribution in [0.2, 0.25) is 0 Å². The van der Waals surface area contributed by atoms with Crippen LogP contribution in [-0.2, 0) is 6.42 Å². The summed E-state index contributed by atoms with van der Waals surface area (Å²) < 4.78 is 0. The number of nitrogens with one attached hydrogen (secondary N) is 1. The van der Waals surface area contributed by atoms with E-state index in [1.165, 1.54) is 5.56 Å². The minimum absolute atomic E-state index is 0.532. The maximum absolute atomic E-state index is 3.61. The van der Waals surface area contributed by atoms with Crippen LogP contribution >= 0.6 is 15.9 Å². The molecule has 0 amide bonds. The molecule has 1 atom stereocenters. The summed E-state index contributed by atoms with van der Waals surface area (Å²) in [6, 6.07) is 10.5. The molecule has 0 radical (unpaired) electrons. The molecule has 1 aromatic rings. The Morgan fingerprint density at radius 3 is 2.58 bits per heavy atom. The molecule has 2 heteroatoms. The first kappa shape index (κ1) is 9.75. The molecule has 0 saturated carbocycles. The van der Waals surface area contributed by atoms with Gasteiger partial charge in [-0.15, -0.1) is 0 Å². The van der Waals surface area contributed by atoms with Crippen molar-refractivity contribution in [3.8, 4) is 0 Å².